The average molecular weight is 395 g/mol. The van der Waals surface area contributed by atoms with Crippen LogP contribution in [0.2, 0.25) is 0 Å². The molecular formula is C21H22BNO6. The Hall–Kier alpha value is -3.10. The predicted molar refractivity (Wildman–Crippen MR) is 107 cm³/mol. The topological polar surface area (TPSA) is 96.3 Å². The van der Waals surface area contributed by atoms with Crippen LogP contribution in [0.15, 0.2) is 66.1 Å². The van der Waals surface area contributed by atoms with Gasteiger partial charge < -0.3 is 19.5 Å². The zero-order valence-corrected chi connectivity index (χ0v) is 16.0. The van der Waals surface area contributed by atoms with Crippen LogP contribution in [0.5, 0.6) is 0 Å². The molecule has 1 amide bonds. The van der Waals surface area contributed by atoms with E-state index in [-0.39, 0.29) is 13.2 Å². The van der Waals surface area contributed by atoms with Crippen LogP contribution in [0.4, 0.5) is 4.79 Å². The first-order valence-corrected chi connectivity index (χ1v) is 9.22. The monoisotopic (exact) mass is 395 g/mol. The second-order valence-electron chi connectivity index (χ2n) is 6.66. The molecule has 0 radical (unpaired) electrons. The molecule has 0 saturated carbocycles. The maximum Gasteiger partial charge on any atom is 0.483 e. The Bertz CT molecular complexity index is 882. The van der Waals surface area contributed by atoms with Gasteiger partial charge in [-0.2, -0.15) is 0 Å². The normalized spacial score (nSPS) is 16.0. The van der Waals surface area contributed by atoms with Crippen LogP contribution in [0, 0.1) is 0 Å². The lowest BCUT2D eigenvalue weighted by molar-refractivity contribution is 0.0600. The lowest BCUT2D eigenvalue weighted by Crippen LogP contribution is -2.39. The third-order valence-electron chi connectivity index (χ3n) is 4.79. The maximum absolute atomic E-state index is 12.7. The van der Waals surface area contributed by atoms with E-state index < -0.39 is 25.2 Å². The summed E-state index contributed by atoms with van der Waals surface area (Å²) in [6.07, 6.45) is 1.47. The molecule has 1 aliphatic heterocycles. The SMILES string of the molecule is COC(=O)c1ccc(C2C=C(B(O)O)CCN2C(=O)OCc2ccccc2)cc1. The molecule has 0 bridgehead atoms. The van der Waals surface area contributed by atoms with Crippen LogP contribution >= 0.6 is 0 Å². The summed E-state index contributed by atoms with van der Waals surface area (Å²) in [6.45, 7) is 0.421. The van der Waals surface area contributed by atoms with Gasteiger partial charge in [-0.1, -0.05) is 48.5 Å². The molecule has 3 rings (SSSR count). The summed E-state index contributed by atoms with van der Waals surface area (Å²) >= 11 is 0. The molecule has 29 heavy (non-hydrogen) atoms. The van der Waals surface area contributed by atoms with E-state index in [1.807, 2.05) is 30.3 Å². The Kier molecular flexibility index (Phi) is 6.69. The number of carbonyl (C=O) groups excluding carboxylic acids is 2. The van der Waals surface area contributed by atoms with Gasteiger partial charge in [0.2, 0.25) is 0 Å². The first kappa shape index (κ1) is 20.6. The molecule has 8 heteroatoms. The van der Waals surface area contributed by atoms with E-state index in [1.54, 1.807) is 30.3 Å². The summed E-state index contributed by atoms with van der Waals surface area (Å²) in [4.78, 5) is 25.9. The minimum atomic E-state index is -1.59. The van der Waals surface area contributed by atoms with Crippen LogP contribution in [0.3, 0.4) is 0 Å². The molecule has 1 unspecified atom stereocenters. The Balaban J connectivity index is 1.81. The molecule has 0 fully saturated rings. The molecule has 2 N–H and O–H groups in total. The highest BCUT2D eigenvalue weighted by atomic mass is 16.6. The summed E-state index contributed by atoms with van der Waals surface area (Å²) < 4.78 is 10.2. The van der Waals surface area contributed by atoms with Crippen molar-refractivity contribution in [1.29, 1.82) is 0 Å². The van der Waals surface area contributed by atoms with Crippen molar-refractivity contribution in [3.63, 3.8) is 0 Å². The van der Waals surface area contributed by atoms with Gasteiger partial charge in [0.15, 0.2) is 0 Å². The van der Waals surface area contributed by atoms with Crippen molar-refractivity contribution in [2.75, 3.05) is 13.7 Å². The summed E-state index contributed by atoms with van der Waals surface area (Å²) in [6, 6.07) is 15.4. The molecule has 0 aliphatic carbocycles. The molecule has 1 atom stereocenters. The fourth-order valence-corrected chi connectivity index (χ4v) is 3.20. The fraction of sp³-hybridized carbons (Fsp3) is 0.238. The standard InChI is InChI=1S/C21H22BNO6/c1-28-20(24)17-9-7-16(8-10-17)19-13-18(22(26)27)11-12-23(19)21(25)29-14-15-5-3-2-4-6-15/h2-10,13,19,26-27H,11-12,14H2,1H3. The molecular weight excluding hydrogens is 373 g/mol. The van der Waals surface area contributed by atoms with E-state index in [0.717, 1.165) is 5.56 Å². The minimum Gasteiger partial charge on any atom is -0.465 e. The van der Waals surface area contributed by atoms with Gasteiger partial charge in [0.05, 0.1) is 18.7 Å². The predicted octanol–water partition coefficient (Wildman–Crippen LogP) is 2.50. The molecule has 2 aromatic rings. The summed E-state index contributed by atoms with van der Waals surface area (Å²) in [5.74, 6) is -0.457. The summed E-state index contributed by atoms with van der Waals surface area (Å²) in [7, 11) is -0.284. The maximum atomic E-state index is 12.7. The largest absolute Gasteiger partial charge is 0.483 e. The molecule has 0 saturated heterocycles. The quantitative estimate of drug-likeness (QED) is 0.597. The van der Waals surface area contributed by atoms with Gasteiger partial charge in [-0.15, -0.1) is 0 Å². The van der Waals surface area contributed by atoms with Crippen molar-refractivity contribution in [1.82, 2.24) is 4.90 Å². The van der Waals surface area contributed by atoms with Crippen molar-refractivity contribution in [2.45, 2.75) is 19.1 Å². The van der Waals surface area contributed by atoms with E-state index >= 15 is 0 Å². The smallest absolute Gasteiger partial charge is 0.465 e. The van der Waals surface area contributed by atoms with Crippen molar-refractivity contribution in [3.8, 4) is 0 Å². The second kappa shape index (κ2) is 9.40. The first-order chi connectivity index (χ1) is 14.0. The highest BCUT2D eigenvalue weighted by Gasteiger charge is 2.32. The van der Waals surface area contributed by atoms with E-state index in [2.05, 4.69) is 0 Å². The third kappa shape index (κ3) is 5.04. The number of benzene rings is 2. The number of hydrogen-bond donors (Lipinski definition) is 2. The van der Waals surface area contributed by atoms with E-state index in [9.17, 15) is 19.6 Å². The number of esters is 1. The molecule has 0 aromatic heterocycles. The zero-order chi connectivity index (χ0) is 20.8. The first-order valence-electron chi connectivity index (χ1n) is 9.22. The van der Waals surface area contributed by atoms with Gasteiger partial charge in [0, 0.05) is 6.54 Å². The zero-order valence-electron chi connectivity index (χ0n) is 16.0. The van der Waals surface area contributed by atoms with Crippen LogP contribution in [0.1, 0.15) is 33.9 Å². The number of amides is 1. The minimum absolute atomic E-state index is 0.142. The fourth-order valence-electron chi connectivity index (χ4n) is 3.20. The Morgan fingerprint density at radius 1 is 1.10 bits per heavy atom. The summed E-state index contributed by atoms with van der Waals surface area (Å²) in [5, 5.41) is 19.1. The van der Waals surface area contributed by atoms with Crippen molar-refractivity contribution >= 4 is 19.2 Å². The molecule has 0 spiro atoms. The lowest BCUT2D eigenvalue weighted by atomic mass is 9.74. The van der Waals surface area contributed by atoms with E-state index in [4.69, 9.17) is 9.47 Å². The van der Waals surface area contributed by atoms with Gasteiger partial charge in [-0.3, -0.25) is 4.90 Å². The van der Waals surface area contributed by atoms with Crippen LogP contribution < -0.4 is 0 Å². The lowest BCUT2D eigenvalue weighted by Gasteiger charge is -2.34. The van der Waals surface area contributed by atoms with Gasteiger partial charge in [-0.25, -0.2) is 9.59 Å². The third-order valence-corrected chi connectivity index (χ3v) is 4.79. The Morgan fingerprint density at radius 2 is 1.79 bits per heavy atom. The van der Waals surface area contributed by atoms with Crippen molar-refractivity contribution < 1.29 is 29.1 Å². The number of ether oxygens (including phenoxy) is 2. The van der Waals surface area contributed by atoms with Gasteiger partial charge in [0.1, 0.15) is 6.61 Å². The Morgan fingerprint density at radius 3 is 2.41 bits per heavy atom. The highest BCUT2D eigenvalue weighted by Crippen LogP contribution is 2.30. The molecule has 1 heterocycles. The molecule has 7 nitrogen and oxygen atoms in total. The average Bonchev–Trinajstić information content (AvgIpc) is 2.77. The number of rotatable bonds is 5. The van der Waals surface area contributed by atoms with Crippen molar-refractivity contribution in [2.24, 2.45) is 0 Å². The number of nitrogens with zero attached hydrogens (tertiary/aromatic N) is 1. The van der Waals surface area contributed by atoms with Gasteiger partial charge in [0.25, 0.3) is 0 Å². The molecule has 150 valence electrons. The van der Waals surface area contributed by atoms with E-state index in [1.165, 1.54) is 12.0 Å². The molecule has 2 aromatic carbocycles. The number of methoxy groups -OCH3 is 1. The van der Waals surface area contributed by atoms with Crippen LogP contribution in [-0.4, -0.2) is 47.8 Å². The number of hydrogen-bond acceptors (Lipinski definition) is 6. The van der Waals surface area contributed by atoms with Crippen molar-refractivity contribution in [3.05, 3.63) is 82.8 Å². The Labute approximate surface area is 169 Å². The second-order valence-corrected chi connectivity index (χ2v) is 6.66. The van der Waals surface area contributed by atoms with Crippen LogP contribution in [-0.2, 0) is 16.1 Å². The molecule has 1 aliphatic rings. The summed E-state index contributed by atoms with van der Waals surface area (Å²) in [5.41, 5.74) is 2.40. The van der Waals surface area contributed by atoms with Gasteiger partial charge >= 0.3 is 19.2 Å². The number of carbonyl (C=O) groups is 2. The highest BCUT2D eigenvalue weighted by molar-refractivity contribution is 6.50. The van der Waals surface area contributed by atoms with E-state index in [0.29, 0.717) is 23.0 Å². The van der Waals surface area contributed by atoms with Gasteiger partial charge in [-0.05, 0) is 35.2 Å². The van der Waals surface area contributed by atoms with Crippen LogP contribution in [0.25, 0.3) is 0 Å².